The molecule has 3 N–H and O–H groups in total. The summed E-state index contributed by atoms with van der Waals surface area (Å²) in [5.74, 6) is -2.71. The summed E-state index contributed by atoms with van der Waals surface area (Å²) in [7, 11) is 0. The standard InChI is InChI=1S/C24H16Cl2F2N4O2/c25-15-8-14(9-16(27)10-15)21-12-20(31-32(21)17-6-7-19(28)18(26)11-17)24(34)30-22(23(29)33)13-4-2-1-3-5-13/h1-12,22H,(H2,29,33)(H,30,34). The monoisotopic (exact) mass is 500 g/mol. The fraction of sp³-hybridized carbons (Fsp3) is 0.0417. The van der Waals surface area contributed by atoms with Crippen molar-refractivity contribution in [1.82, 2.24) is 15.1 Å². The third-order valence-corrected chi connectivity index (χ3v) is 5.45. The molecule has 4 aromatic rings. The molecule has 34 heavy (non-hydrogen) atoms. The number of amides is 2. The largest absolute Gasteiger partial charge is 0.368 e. The zero-order chi connectivity index (χ0) is 24.4. The summed E-state index contributed by atoms with van der Waals surface area (Å²) in [5, 5.41) is 6.82. The Morgan fingerprint density at radius 2 is 1.71 bits per heavy atom. The minimum atomic E-state index is -1.11. The quantitative estimate of drug-likeness (QED) is 0.386. The molecule has 1 heterocycles. The van der Waals surface area contributed by atoms with Gasteiger partial charge in [0.25, 0.3) is 5.91 Å². The van der Waals surface area contributed by atoms with Crippen LogP contribution in [0.4, 0.5) is 8.78 Å². The predicted molar refractivity (Wildman–Crippen MR) is 125 cm³/mol. The van der Waals surface area contributed by atoms with Gasteiger partial charge < -0.3 is 11.1 Å². The smallest absolute Gasteiger partial charge is 0.272 e. The van der Waals surface area contributed by atoms with Gasteiger partial charge in [0.2, 0.25) is 5.91 Å². The molecule has 1 aromatic heterocycles. The number of hydrogen-bond donors (Lipinski definition) is 2. The molecule has 0 aliphatic rings. The molecule has 4 rings (SSSR count). The van der Waals surface area contributed by atoms with E-state index < -0.39 is 29.5 Å². The van der Waals surface area contributed by atoms with Crippen molar-refractivity contribution in [3.63, 3.8) is 0 Å². The SMILES string of the molecule is NC(=O)C(NC(=O)c1cc(-c2cc(F)cc(Cl)c2)n(-c2ccc(F)c(Cl)c2)n1)c1ccccc1. The molecule has 0 fully saturated rings. The van der Waals surface area contributed by atoms with Crippen molar-refractivity contribution in [2.45, 2.75) is 6.04 Å². The molecule has 1 atom stereocenters. The molecule has 172 valence electrons. The Morgan fingerprint density at radius 3 is 2.35 bits per heavy atom. The predicted octanol–water partition coefficient (Wildman–Crippen LogP) is 5.08. The van der Waals surface area contributed by atoms with E-state index in [-0.39, 0.29) is 21.4 Å². The van der Waals surface area contributed by atoms with Gasteiger partial charge in [0.15, 0.2) is 5.69 Å². The maximum absolute atomic E-state index is 14.1. The third kappa shape index (κ3) is 4.93. The maximum atomic E-state index is 14.1. The summed E-state index contributed by atoms with van der Waals surface area (Å²) >= 11 is 11.9. The van der Waals surface area contributed by atoms with Gasteiger partial charge in [0, 0.05) is 10.6 Å². The Balaban J connectivity index is 1.79. The first-order valence-electron chi connectivity index (χ1n) is 9.90. The molecule has 0 saturated heterocycles. The summed E-state index contributed by atoms with van der Waals surface area (Å²) in [6.07, 6.45) is 0. The lowest BCUT2D eigenvalue weighted by molar-refractivity contribution is -0.120. The second-order valence-corrected chi connectivity index (χ2v) is 8.15. The minimum Gasteiger partial charge on any atom is -0.368 e. The van der Waals surface area contributed by atoms with Gasteiger partial charge in [-0.25, -0.2) is 13.5 Å². The van der Waals surface area contributed by atoms with Crippen molar-refractivity contribution in [2.24, 2.45) is 5.73 Å². The topological polar surface area (TPSA) is 90.0 Å². The van der Waals surface area contributed by atoms with Crippen LogP contribution in [-0.4, -0.2) is 21.6 Å². The van der Waals surface area contributed by atoms with E-state index in [1.165, 1.54) is 35.0 Å². The Morgan fingerprint density at radius 1 is 0.971 bits per heavy atom. The van der Waals surface area contributed by atoms with E-state index in [0.29, 0.717) is 16.8 Å². The summed E-state index contributed by atoms with van der Waals surface area (Å²) in [6, 6.07) is 16.4. The summed E-state index contributed by atoms with van der Waals surface area (Å²) in [6.45, 7) is 0. The highest BCUT2D eigenvalue weighted by molar-refractivity contribution is 6.31. The van der Waals surface area contributed by atoms with Crippen LogP contribution in [0.15, 0.2) is 72.8 Å². The van der Waals surface area contributed by atoms with Crippen LogP contribution in [0.25, 0.3) is 16.9 Å². The fourth-order valence-electron chi connectivity index (χ4n) is 3.38. The average molecular weight is 501 g/mol. The zero-order valence-corrected chi connectivity index (χ0v) is 18.8. The zero-order valence-electron chi connectivity index (χ0n) is 17.3. The molecule has 0 aliphatic heterocycles. The Bertz CT molecular complexity index is 1370. The first-order valence-corrected chi connectivity index (χ1v) is 10.7. The summed E-state index contributed by atoms with van der Waals surface area (Å²) in [5.41, 5.74) is 6.79. The van der Waals surface area contributed by atoms with E-state index in [1.54, 1.807) is 30.3 Å². The first kappa shape index (κ1) is 23.4. The number of rotatable bonds is 6. The van der Waals surface area contributed by atoms with Crippen LogP contribution in [0.5, 0.6) is 0 Å². The normalized spacial score (nSPS) is 11.8. The van der Waals surface area contributed by atoms with Gasteiger partial charge >= 0.3 is 0 Å². The van der Waals surface area contributed by atoms with Crippen LogP contribution in [0, 0.1) is 11.6 Å². The minimum absolute atomic E-state index is 0.0991. The van der Waals surface area contributed by atoms with Gasteiger partial charge in [-0.1, -0.05) is 53.5 Å². The molecule has 0 radical (unpaired) electrons. The average Bonchev–Trinajstić information content (AvgIpc) is 3.24. The van der Waals surface area contributed by atoms with E-state index in [4.69, 9.17) is 28.9 Å². The molecular formula is C24H16Cl2F2N4O2. The maximum Gasteiger partial charge on any atom is 0.272 e. The van der Waals surface area contributed by atoms with Gasteiger partial charge in [0.1, 0.15) is 17.7 Å². The number of nitrogens with zero attached hydrogens (tertiary/aromatic N) is 2. The summed E-state index contributed by atoms with van der Waals surface area (Å²) < 4.78 is 29.1. The molecule has 0 spiro atoms. The van der Waals surface area contributed by atoms with Crippen molar-refractivity contribution in [1.29, 1.82) is 0 Å². The lowest BCUT2D eigenvalue weighted by Crippen LogP contribution is -2.37. The van der Waals surface area contributed by atoms with Crippen LogP contribution in [0.3, 0.4) is 0 Å². The number of carbonyl (C=O) groups excluding carboxylic acids is 2. The summed E-state index contributed by atoms with van der Waals surface area (Å²) in [4.78, 5) is 25.0. The van der Waals surface area contributed by atoms with E-state index >= 15 is 0 Å². The Kier molecular flexibility index (Phi) is 6.63. The van der Waals surface area contributed by atoms with E-state index in [0.717, 1.165) is 12.1 Å². The first-order chi connectivity index (χ1) is 16.2. The highest BCUT2D eigenvalue weighted by atomic mass is 35.5. The van der Waals surface area contributed by atoms with Gasteiger partial charge in [-0.2, -0.15) is 5.10 Å². The number of primary amides is 1. The van der Waals surface area contributed by atoms with E-state index in [9.17, 15) is 18.4 Å². The number of halogens is 4. The molecule has 3 aromatic carbocycles. The molecular weight excluding hydrogens is 485 g/mol. The van der Waals surface area contributed by atoms with Crippen molar-refractivity contribution in [3.05, 3.63) is 106 Å². The van der Waals surface area contributed by atoms with Crippen molar-refractivity contribution in [2.75, 3.05) is 0 Å². The van der Waals surface area contributed by atoms with Gasteiger partial charge in [-0.15, -0.1) is 0 Å². The van der Waals surface area contributed by atoms with Crippen molar-refractivity contribution in [3.8, 4) is 16.9 Å². The molecule has 1 unspecified atom stereocenters. The number of nitrogens with one attached hydrogen (secondary N) is 1. The van der Waals surface area contributed by atoms with Crippen molar-refractivity contribution < 1.29 is 18.4 Å². The number of carbonyl (C=O) groups is 2. The molecule has 0 bridgehead atoms. The lowest BCUT2D eigenvalue weighted by Gasteiger charge is -2.14. The van der Waals surface area contributed by atoms with E-state index in [2.05, 4.69) is 10.4 Å². The fourth-order valence-corrected chi connectivity index (χ4v) is 3.78. The van der Waals surface area contributed by atoms with Crippen molar-refractivity contribution >= 4 is 35.0 Å². The molecule has 2 amide bonds. The number of nitrogens with two attached hydrogens (primary N) is 1. The number of aromatic nitrogens is 2. The highest BCUT2D eigenvalue weighted by Crippen LogP contribution is 2.29. The van der Waals surface area contributed by atoms with Gasteiger partial charge in [0.05, 0.1) is 16.4 Å². The molecule has 6 nitrogen and oxygen atoms in total. The van der Waals surface area contributed by atoms with E-state index in [1.807, 2.05) is 0 Å². The van der Waals surface area contributed by atoms with Crippen LogP contribution < -0.4 is 11.1 Å². The molecule has 0 saturated carbocycles. The Hall–Kier alpha value is -3.75. The molecule has 10 heteroatoms. The number of hydrogen-bond acceptors (Lipinski definition) is 3. The number of benzene rings is 3. The highest BCUT2D eigenvalue weighted by Gasteiger charge is 2.24. The third-order valence-electron chi connectivity index (χ3n) is 4.94. The van der Waals surface area contributed by atoms with Gasteiger partial charge in [-0.3, -0.25) is 9.59 Å². The van der Waals surface area contributed by atoms with Crippen LogP contribution >= 0.6 is 23.2 Å². The van der Waals surface area contributed by atoms with Gasteiger partial charge in [-0.05, 0) is 48.0 Å². The van der Waals surface area contributed by atoms with Crippen LogP contribution in [0.2, 0.25) is 10.0 Å². The second-order valence-electron chi connectivity index (χ2n) is 7.30. The molecule has 0 aliphatic carbocycles. The lowest BCUT2D eigenvalue weighted by atomic mass is 10.1. The second kappa shape index (κ2) is 9.62. The van der Waals surface area contributed by atoms with Crippen LogP contribution in [0.1, 0.15) is 22.1 Å². The Labute approximate surface area is 202 Å². The van der Waals surface area contributed by atoms with Crippen LogP contribution in [-0.2, 0) is 4.79 Å².